The minimum atomic E-state index is 0.0826. The van der Waals surface area contributed by atoms with Gasteiger partial charge in [0.15, 0.2) is 5.13 Å². The number of nitrogens with one attached hydrogen (secondary N) is 1. The number of carbonyl (C=O) groups excluding carboxylic acids is 1. The Morgan fingerprint density at radius 1 is 1.50 bits per heavy atom. The molecule has 0 atom stereocenters. The molecule has 0 unspecified atom stereocenters. The van der Waals surface area contributed by atoms with Gasteiger partial charge in [-0.3, -0.25) is 4.79 Å². The quantitative estimate of drug-likeness (QED) is 0.915. The Balaban J connectivity index is 1.70. The summed E-state index contributed by atoms with van der Waals surface area (Å²) < 4.78 is 1.15. The average Bonchev–Trinajstić information content (AvgIpc) is 3.05. The SMILES string of the molecule is CN(CC(=O)NC1CC1)c1nc2ccccc2s1. The lowest BCUT2D eigenvalue weighted by molar-refractivity contribution is -0.119. The zero-order valence-electron chi connectivity index (χ0n) is 10.2. The molecule has 1 N–H and O–H groups in total. The van der Waals surface area contributed by atoms with Crippen LogP contribution in [-0.2, 0) is 4.79 Å². The summed E-state index contributed by atoms with van der Waals surface area (Å²) >= 11 is 1.62. The first-order valence-corrected chi connectivity index (χ1v) is 6.90. The van der Waals surface area contributed by atoms with Crippen molar-refractivity contribution in [2.45, 2.75) is 18.9 Å². The molecule has 0 aliphatic heterocycles. The second kappa shape index (κ2) is 4.57. The number of hydrogen-bond acceptors (Lipinski definition) is 4. The van der Waals surface area contributed by atoms with Crippen LogP contribution in [0.25, 0.3) is 10.2 Å². The van der Waals surface area contributed by atoms with Gasteiger partial charge < -0.3 is 10.2 Å². The Morgan fingerprint density at radius 3 is 3.00 bits per heavy atom. The Morgan fingerprint density at radius 2 is 2.28 bits per heavy atom. The number of nitrogens with zero attached hydrogens (tertiary/aromatic N) is 2. The van der Waals surface area contributed by atoms with Gasteiger partial charge in [-0.05, 0) is 25.0 Å². The largest absolute Gasteiger partial charge is 0.352 e. The lowest BCUT2D eigenvalue weighted by Gasteiger charge is -2.14. The fourth-order valence-corrected chi connectivity index (χ4v) is 2.73. The maximum Gasteiger partial charge on any atom is 0.239 e. The molecule has 0 saturated heterocycles. The molecule has 2 aromatic rings. The monoisotopic (exact) mass is 261 g/mol. The molecule has 0 bridgehead atoms. The van der Waals surface area contributed by atoms with Gasteiger partial charge in [0.05, 0.1) is 16.8 Å². The third kappa shape index (κ3) is 2.46. The van der Waals surface area contributed by atoms with Crippen LogP contribution in [0, 0.1) is 0 Å². The number of aromatic nitrogens is 1. The molecule has 1 aliphatic carbocycles. The first kappa shape index (κ1) is 11.5. The van der Waals surface area contributed by atoms with E-state index in [-0.39, 0.29) is 5.91 Å². The molecule has 5 heteroatoms. The number of rotatable bonds is 4. The van der Waals surface area contributed by atoms with Crippen molar-refractivity contribution in [1.29, 1.82) is 0 Å². The van der Waals surface area contributed by atoms with Gasteiger partial charge in [0.1, 0.15) is 0 Å². The van der Waals surface area contributed by atoms with Crippen LogP contribution in [0.5, 0.6) is 0 Å². The minimum absolute atomic E-state index is 0.0826. The van der Waals surface area contributed by atoms with Crippen molar-refractivity contribution in [2.24, 2.45) is 0 Å². The predicted octanol–water partition coefficient (Wildman–Crippen LogP) is 2.01. The van der Waals surface area contributed by atoms with E-state index in [9.17, 15) is 4.79 Å². The van der Waals surface area contributed by atoms with Crippen LogP contribution in [0.4, 0.5) is 5.13 Å². The summed E-state index contributed by atoms with van der Waals surface area (Å²) in [5.74, 6) is 0.0826. The van der Waals surface area contributed by atoms with Crippen molar-refractivity contribution in [3.8, 4) is 0 Å². The van der Waals surface area contributed by atoms with Gasteiger partial charge in [-0.1, -0.05) is 23.5 Å². The highest BCUT2D eigenvalue weighted by Crippen LogP contribution is 2.27. The normalized spacial score (nSPS) is 14.7. The molecule has 1 saturated carbocycles. The number of anilines is 1. The van der Waals surface area contributed by atoms with Gasteiger partial charge in [0, 0.05) is 13.1 Å². The highest BCUT2D eigenvalue weighted by atomic mass is 32.1. The third-order valence-electron chi connectivity index (χ3n) is 2.93. The van der Waals surface area contributed by atoms with Gasteiger partial charge in [-0.2, -0.15) is 0 Å². The van der Waals surface area contributed by atoms with E-state index in [1.165, 1.54) is 0 Å². The number of benzene rings is 1. The van der Waals surface area contributed by atoms with Gasteiger partial charge in [0.2, 0.25) is 5.91 Å². The number of thiazole rings is 1. The topological polar surface area (TPSA) is 45.2 Å². The molecule has 4 nitrogen and oxygen atoms in total. The van der Waals surface area contributed by atoms with Crippen molar-refractivity contribution < 1.29 is 4.79 Å². The molecule has 3 rings (SSSR count). The van der Waals surface area contributed by atoms with Crippen LogP contribution in [-0.4, -0.2) is 30.5 Å². The first-order valence-electron chi connectivity index (χ1n) is 6.08. The summed E-state index contributed by atoms with van der Waals surface area (Å²) in [4.78, 5) is 18.1. The van der Waals surface area contributed by atoms with E-state index in [1.807, 2.05) is 30.1 Å². The summed E-state index contributed by atoms with van der Waals surface area (Å²) in [6, 6.07) is 8.44. The third-order valence-corrected chi connectivity index (χ3v) is 4.08. The van der Waals surface area contributed by atoms with E-state index in [0.29, 0.717) is 12.6 Å². The van der Waals surface area contributed by atoms with E-state index >= 15 is 0 Å². The molecule has 1 aromatic heterocycles. The van der Waals surface area contributed by atoms with E-state index in [1.54, 1.807) is 11.3 Å². The Kier molecular flexibility index (Phi) is 2.91. The van der Waals surface area contributed by atoms with Crippen molar-refractivity contribution in [1.82, 2.24) is 10.3 Å². The van der Waals surface area contributed by atoms with Crippen molar-refractivity contribution in [3.05, 3.63) is 24.3 Å². The fourth-order valence-electron chi connectivity index (χ4n) is 1.81. The van der Waals surface area contributed by atoms with Crippen LogP contribution >= 0.6 is 11.3 Å². The van der Waals surface area contributed by atoms with Crippen LogP contribution in [0.3, 0.4) is 0 Å². The lowest BCUT2D eigenvalue weighted by Crippen LogP contribution is -2.36. The Bertz CT molecular complexity index is 543. The van der Waals surface area contributed by atoms with Crippen LogP contribution in [0.2, 0.25) is 0 Å². The van der Waals surface area contributed by atoms with E-state index in [2.05, 4.69) is 16.4 Å². The molecular formula is C13H15N3OS. The molecular weight excluding hydrogens is 246 g/mol. The second-order valence-electron chi connectivity index (χ2n) is 4.66. The number of likely N-dealkylation sites (N-methyl/N-ethyl adjacent to an activating group) is 1. The molecule has 0 spiro atoms. The summed E-state index contributed by atoms with van der Waals surface area (Å²) in [5, 5.41) is 3.88. The lowest BCUT2D eigenvalue weighted by atomic mass is 10.3. The standard InChI is InChI=1S/C13H15N3OS/c1-16(8-12(17)14-9-6-7-9)13-15-10-4-2-3-5-11(10)18-13/h2-5,9H,6-8H2,1H3,(H,14,17). The zero-order chi connectivity index (χ0) is 12.5. The van der Waals surface area contributed by atoms with Crippen LogP contribution in [0.1, 0.15) is 12.8 Å². The minimum Gasteiger partial charge on any atom is -0.352 e. The summed E-state index contributed by atoms with van der Waals surface area (Å²) in [7, 11) is 1.91. The molecule has 1 aromatic carbocycles. The van der Waals surface area contributed by atoms with E-state index in [4.69, 9.17) is 0 Å². The fraction of sp³-hybridized carbons (Fsp3) is 0.385. The number of fused-ring (bicyclic) bond motifs is 1. The first-order chi connectivity index (χ1) is 8.72. The van der Waals surface area contributed by atoms with Gasteiger partial charge in [0.25, 0.3) is 0 Å². The second-order valence-corrected chi connectivity index (χ2v) is 5.67. The van der Waals surface area contributed by atoms with Crippen LogP contribution in [0.15, 0.2) is 24.3 Å². The van der Waals surface area contributed by atoms with Gasteiger partial charge in [-0.15, -0.1) is 0 Å². The smallest absolute Gasteiger partial charge is 0.239 e. The number of para-hydroxylation sites is 1. The number of hydrogen-bond donors (Lipinski definition) is 1. The molecule has 1 amide bonds. The van der Waals surface area contributed by atoms with Crippen LogP contribution < -0.4 is 10.2 Å². The summed E-state index contributed by atoms with van der Waals surface area (Å²) in [6.45, 7) is 0.371. The van der Waals surface area contributed by atoms with E-state index in [0.717, 1.165) is 28.2 Å². The van der Waals surface area contributed by atoms with Crippen molar-refractivity contribution >= 4 is 32.6 Å². The molecule has 18 heavy (non-hydrogen) atoms. The highest BCUT2D eigenvalue weighted by molar-refractivity contribution is 7.22. The maximum absolute atomic E-state index is 11.7. The van der Waals surface area contributed by atoms with Crippen molar-refractivity contribution in [2.75, 3.05) is 18.5 Å². The number of amides is 1. The summed E-state index contributed by atoms with van der Waals surface area (Å²) in [6.07, 6.45) is 2.24. The Hall–Kier alpha value is -1.62. The molecule has 94 valence electrons. The van der Waals surface area contributed by atoms with Gasteiger partial charge in [-0.25, -0.2) is 4.98 Å². The predicted molar refractivity (Wildman–Crippen MR) is 74.1 cm³/mol. The van der Waals surface area contributed by atoms with Crippen molar-refractivity contribution in [3.63, 3.8) is 0 Å². The van der Waals surface area contributed by atoms with Gasteiger partial charge >= 0.3 is 0 Å². The summed E-state index contributed by atoms with van der Waals surface area (Å²) in [5.41, 5.74) is 0.993. The maximum atomic E-state index is 11.7. The Labute approximate surface area is 110 Å². The molecule has 1 aliphatic rings. The molecule has 1 fully saturated rings. The average molecular weight is 261 g/mol. The molecule has 0 radical (unpaired) electrons. The molecule has 1 heterocycles. The zero-order valence-corrected chi connectivity index (χ0v) is 11.0. The highest BCUT2D eigenvalue weighted by Gasteiger charge is 2.23. The van der Waals surface area contributed by atoms with E-state index < -0.39 is 0 Å². The number of carbonyl (C=O) groups is 1.